The number of benzene rings is 3. The number of nitrogens with zero attached hydrogens (tertiary/aromatic N) is 1. The first-order valence-corrected chi connectivity index (χ1v) is 10.7. The van der Waals surface area contributed by atoms with Gasteiger partial charge in [-0.05, 0) is 65.4 Å². The molecule has 0 saturated carbocycles. The molecular weight excluding hydrogens is 396 g/mol. The molecular formula is C25H25ClN2O2. The van der Waals surface area contributed by atoms with Gasteiger partial charge in [0.05, 0.1) is 0 Å². The zero-order valence-electron chi connectivity index (χ0n) is 17.2. The Morgan fingerprint density at radius 1 is 1.03 bits per heavy atom. The molecule has 2 amide bonds. The molecule has 0 aromatic heterocycles. The minimum Gasteiger partial charge on any atom is -0.352 e. The Kier molecular flexibility index (Phi) is 5.78. The fourth-order valence-electron chi connectivity index (χ4n) is 4.40. The maximum absolute atomic E-state index is 13.4. The predicted molar refractivity (Wildman–Crippen MR) is 122 cm³/mol. The van der Waals surface area contributed by atoms with Crippen LogP contribution in [0.5, 0.6) is 0 Å². The van der Waals surface area contributed by atoms with Gasteiger partial charge in [0.2, 0.25) is 5.91 Å². The summed E-state index contributed by atoms with van der Waals surface area (Å²) in [6.07, 6.45) is 1.79. The summed E-state index contributed by atoms with van der Waals surface area (Å²) >= 11 is 6.14. The second kappa shape index (κ2) is 8.49. The Balaban J connectivity index is 1.72. The molecule has 1 saturated heterocycles. The lowest BCUT2D eigenvalue weighted by atomic mass is 9.93. The van der Waals surface area contributed by atoms with Gasteiger partial charge in [-0.2, -0.15) is 0 Å². The van der Waals surface area contributed by atoms with Crippen molar-refractivity contribution in [1.29, 1.82) is 0 Å². The fraction of sp³-hybridized carbons (Fsp3) is 0.280. The molecule has 1 fully saturated rings. The lowest BCUT2D eigenvalue weighted by Crippen LogP contribution is -2.49. The van der Waals surface area contributed by atoms with Gasteiger partial charge >= 0.3 is 0 Å². The molecule has 1 N–H and O–H groups in total. The normalized spacial score (nSPS) is 16.5. The van der Waals surface area contributed by atoms with Crippen LogP contribution in [0.15, 0.2) is 54.6 Å². The van der Waals surface area contributed by atoms with E-state index in [2.05, 4.69) is 17.4 Å². The van der Waals surface area contributed by atoms with Crippen molar-refractivity contribution in [1.82, 2.24) is 10.2 Å². The van der Waals surface area contributed by atoms with E-state index in [4.69, 9.17) is 11.6 Å². The summed E-state index contributed by atoms with van der Waals surface area (Å²) in [5, 5.41) is 5.65. The van der Waals surface area contributed by atoms with Crippen LogP contribution in [-0.2, 0) is 4.79 Å². The zero-order valence-corrected chi connectivity index (χ0v) is 18.0. The molecule has 0 radical (unpaired) electrons. The van der Waals surface area contributed by atoms with Crippen LogP contribution in [0, 0.1) is 6.92 Å². The number of nitrogens with one attached hydrogen (secondary N) is 1. The van der Waals surface area contributed by atoms with Gasteiger partial charge < -0.3 is 10.2 Å². The lowest BCUT2D eigenvalue weighted by Gasteiger charge is -2.33. The highest BCUT2D eigenvalue weighted by molar-refractivity contribution is 6.30. The summed E-state index contributed by atoms with van der Waals surface area (Å²) in [6.45, 7) is 4.82. The van der Waals surface area contributed by atoms with Crippen LogP contribution in [0.3, 0.4) is 0 Å². The van der Waals surface area contributed by atoms with Gasteiger partial charge in [-0.25, -0.2) is 0 Å². The van der Waals surface area contributed by atoms with Crippen LogP contribution >= 0.6 is 11.6 Å². The Labute approximate surface area is 181 Å². The van der Waals surface area contributed by atoms with E-state index in [0.717, 1.165) is 40.3 Å². The second-order valence-corrected chi connectivity index (χ2v) is 8.39. The molecule has 0 spiro atoms. The largest absolute Gasteiger partial charge is 0.352 e. The number of piperidine rings is 1. The van der Waals surface area contributed by atoms with E-state index in [1.54, 1.807) is 0 Å². The van der Waals surface area contributed by atoms with Crippen molar-refractivity contribution < 1.29 is 9.59 Å². The number of carbonyl (C=O) groups excluding carboxylic acids is 2. The van der Waals surface area contributed by atoms with Gasteiger partial charge in [0.15, 0.2) is 0 Å². The van der Waals surface area contributed by atoms with E-state index < -0.39 is 0 Å². The maximum atomic E-state index is 13.4. The van der Waals surface area contributed by atoms with E-state index >= 15 is 0 Å². The van der Waals surface area contributed by atoms with Gasteiger partial charge in [0.25, 0.3) is 5.91 Å². The quantitative estimate of drug-likeness (QED) is 0.632. The molecule has 154 valence electrons. The molecule has 1 atom stereocenters. The first kappa shape index (κ1) is 20.4. The molecule has 0 aliphatic carbocycles. The van der Waals surface area contributed by atoms with Crippen LogP contribution < -0.4 is 5.32 Å². The number of fused-ring (bicyclic) bond motifs is 1. The number of likely N-dealkylation sites (tertiary alicyclic amines) is 1. The monoisotopic (exact) mass is 420 g/mol. The minimum absolute atomic E-state index is 0.0145. The standard InChI is InChI=1S/C25H25ClN2O2/c1-16-14-18(26)11-12-20(16)21-7-3-9-23-22(21)8-4-10-24(23)25(30)28-13-5-6-19(15-28)27-17(2)29/h3-4,7-12,14,19H,5-6,13,15H2,1-2H3,(H,27,29). The minimum atomic E-state index is -0.0533. The molecule has 1 unspecified atom stereocenters. The summed E-state index contributed by atoms with van der Waals surface area (Å²) in [7, 11) is 0. The van der Waals surface area contributed by atoms with E-state index in [-0.39, 0.29) is 17.9 Å². The van der Waals surface area contributed by atoms with Crippen LogP contribution in [0.2, 0.25) is 5.02 Å². The topological polar surface area (TPSA) is 49.4 Å². The van der Waals surface area contributed by atoms with E-state index in [1.165, 1.54) is 6.92 Å². The molecule has 1 heterocycles. The smallest absolute Gasteiger partial charge is 0.254 e. The molecule has 3 aromatic rings. The first-order valence-electron chi connectivity index (χ1n) is 10.3. The van der Waals surface area contributed by atoms with Crippen molar-refractivity contribution in [2.75, 3.05) is 13.1 Å². The number of carbonyl (C=O) groups is 2. The average Bonchev–Trinajstić information content (AvgIpc) is 2.72. The summed E-state index contributed by atoms with van der Waals surface area (Å²) in [5.41, 5.74) is 4.00. The van der Waals surface area contributed by atoms with Crippen molar-refractivity contribution in [3.8, 4) is 11.1 Å². The number of rotatable bonds is 3. The van der Waals surface area contributed by atoms with Crippen molar-refractivity contribution in [3.63, 3.8) is 0 Å². The van der Waals surface area contributed by atoms with Gasteiger partial charge in [-0.15, -0.1) is 0 Å². The second-order valence-electron chi connectivity index (χ2n) is 7.96. The molecule has 3 aromatic carbocycles. The van der Waals surface area contributed by atoms with Crippen LogP contribution in [0.4, 0.5) is 0 Å². The van der Waals surface area contributed by atoms with Gasteiger partial charge in [-0.3, -0.25) is 9.59 Å². The third-order valence-corrected chi connectivity index (χ3v) is 5.98. The van der Waals surface area contributed by atoms with Crippen LogP contribution in [0.25, 0.3) is 21.9 Å². The van der Waals surface area contributed by atoms with Crippen molar-refractivity contribution in [2.24, 2.45) is 0 Å². The van der Waals surface area contributed by atoms with Gasteiger partial charge in [-0.1, -0.05) is 48.0 Å². The number of amides is 2. The van der Waals surface area contributed by atoms with Crippen molar-refractivity contribution in [3.05, 3.63) is 70.7 Å². The number of hydrogen-bond acceptors (Lipinski definition) is 2. The van der Waals surface area contributed by atoms with Gasteiger partial charge in [0.1, 0.15) is 0 Å². The number of aryl methyl sites for hydroxylation is 1. The molecule has 5 heteroatoms. The summed E-state index contributed by atoms with van der Waals surface area (Å²) in [6, 6.07) is 17.9. The zero-order chi connectivity index (χ0) is 21.3. The van der Waals surface area contributed by atoms with Crippen molar-refractivity contribution >= 4 is 34.2 Å². The van der Waals surface area contributed by atoms with Crippen LogP contribution in [0.1, 0.15) is 35.7 Å². The Morgan fingerprint density at radius 3 is 2.57 bits per heavy atom. The Hall–Kier alpha value is -2.85. The Morgan fingerprint density at radius 2 is 1.80 bits per heavy atom. The van der Waals surface area contributed by atoms with E-state index in [9.17, 15) is 9.59 Å². The average molecular weight is 421 g/mol. The molecule has 4 nitrogen and oxygen atoms in total. The predicted octanol–water partition coefficient (Wildman–Crippen LogP) is 5.21. The SMILES string of the molecule is CC(=O)NC1CCCN(C(=O)c2cccc3c(-c4ccc(Cl)cc4C)cccc23)C1. The highest BCUT2D eigenvalue weighted by atomic mass is 35.5. The molecule has 1 aliphatic rings. The van der Waals surface area contributed by atoms with Crippen LogP contribution in [-0.4, -0.2) is 35.8 Å². The molecule has 1 aliphatic heterocycles. The number of halogens is 1. The molecule has 30 heavy (non-hydrogen) atoms. The van der Waals surface area contributed by atoms with Gasteiger partial charge in [0, 0.05) is 36.6 Å². The fourth-order valence-corrected chi connectivity index (χ4v) is 4.62. The number of hydrogen-bond donors (Lipinski definition) is 1. The summed E-state index contributed by atoms with van der Waals surface area (Å²) in [4.78, 5) is 26.7. The van der Waals surface area contributed by atoms with Crippen molar-refractivity contribution in [2.45, 2.75) is 32.7 Å². The molecule has 0 bridgehead atoms. The van der Waals surface area contributed by atoms with E-state index in [1.807, 2.05) is 54.3 Å². The highest BCUT2D eigenvalue weighted by Gasteiger charge is 2.26. The summed E-state index contributed by atoms with van der Waals surface area (Å²) in [5.74, 6) is -0.0388. The summed E-state index contributed by atoms with van der Waals surface area (Å²) < 4.78 is 0. The third kappa shape index (κ3) is 4.05. The highest BCUT2D eigenvalue weighted by Crippen LogP contribution is 2.34. The maximum Gasteiger partial charge on any atom is 0.254 e. The first-order chi connectivity index (χ1) is 14.4. The van der Waals surface area contributed by atoms with E-state index in [0.29, 0.717) is 23.7 Å². The Bertz CT molecular complexity index is 1130. The third-order valence-electron chi connectivity index (χ3n) is 5.75. The molecule has 4 rings (SSSR count). The lowest BCUT2D eigenvalue weighted by molar-refractivity contribution is -0.120.